The van der Waals surface area contributed by atoms with Gasteiger partial charge in [-0.3, -0.25) is 0 Å². The van der Waals surface area contributed by atoms with Gasteiger partial charge in [0, 0.05) is 19.1 Å². The maximum Gasteiger partial charge on any atom is 0.228 e. The van der Waals surface area contributed by atoms with Crippen molar-refractivity contribution >= 4 is 0 Å². The van der Waals surface area contributed by atoms with Crippen LogP contribution in [0.5, 0.6) is 0 Å². The monoisotopic (exact) mass is 297 g/mol. The van der Waals surface area contributed by atoms with E-state index in [0.717, 1.165) is 19.3 Å². The molecule has 1 aromatic rings. The van der Waals surface area contributed by atoms with Crippen LogP contribution in [-0.4, -0.2) is 22.8 Å². The molecule has 0 aliphatic rings. The summed E-state index contributed by atoms with van der Waals surface area (Å²) in [5.74, 6) is 1.25. The van der Waals surface area contributed by atoms with Gasteiger partial charge in [0.25, 0.3) is 0 Å². The van der Waals surface area contributed by atoms with Crippen molar-refractivity contribution in [1.82, 2.24) is 10.1 Å². The lowest BCUT2D eigenvalue weighted by molar-refractivity contribution is -0.0583. The molecule has 0 spiro atoms. The molecule has 21 heavy (non-hydrogen) atoms. The number of nitrogens with zero attached hydrogens (tertiary/aromatic N) is 2. The lowest BCUT2D eigenvalue weighted by atomic mass is 9.87. The van der Waals surface area contributed by atoms with Crippen molar-refractivity contribution in [3.8, 4) is 0 Å². The normalized spacial score (nSPS) is 14.4. The van der Waals surface area contributed by atoms with E-state index in [2.05, 4.69) is 44.8 Å². The van der Waals surface area contributed by atoms with Crippen LogP contribution in [0.4, 0.5) is 0 Å². The molecule has 1 heterocycles. The van der Waals surface area contributed by atoms with Gasteiger partial charge < -0.3 is 15.0 Å². The Morgan fingerprint density at radius 3 is 2.29 bits per heavy atom. The highest BCUT2D eigenvalue weighted by molar-refractivity contribution is 5.02. The van der Waals surface area contributed by atoms with Crippen molar-refractivity contribution in [1.29, 1.82) is 0 Å². The van der Waals surface area contributed by atoms with Crippen LogP contribution in [0.1, 0.15) is 72.5 Å². The first-order valence-corrected chi connectivity index (χ1v) is 7.99. The Hall–Kier alpha value is -0.940. The van der Waals surface area contributed by atoms with Gasteiger partial charge in [0.1, 0.15) is 5.60 Å². The number of nitrogens with two attached hydrogens (primary N) is 1. The van der Waals surface area contributed by atoms with Crippen molar-refractivity contribution in [2.45, 2.75) is 78.9 Å². The molecule has 0 saturated heterocycles. The van der Waals surface area contributed by atoms with E-state index in [1.165, 1.54) is 0 Å². The minimum Gasteiger partial charge on any atom is -0.367 e. The Bertz CT molecular complexity index is 419. The lowest BCUT2D eigenvalue weighted by Crippen LogP contribution is -2.30. The summed E-state index contributed by atoms with van der Waals surface area (Å²) in [4.78, 5) is 4.53. The molecule has 1 unspecified atom stereocenters. The molecule has 0 fully saturated rings. The Morgan fingerprint density at radius 1 is 1.19 bits per heavy atom. The SMILES string of the molecule is CCOC(CC)(CC)c1noc(CC(N)CC(C)(C)C)n1. The highest BCUT2D eigenvalue weighted by atomic mass is 16.5. The Kier molecular flexibility index (Phi) is 6.35. The Labute approximate surface area is 128 Å². The third-order valence-electron chi connectivity index (χ3n) is 3.75. The van der Waals surface area contributed by atoms with Crippen LogP contribution in [-0.2, 0) is 16.8 Å². The highest BCUT2D eigenvalue weighted by Crippen LogP contribution is 2.31. The molecule has 1 rings (SSSR count). The van der Waals surface area contributed by atoms with Gasteiger partial charge in [0.05, 0.1) is 0 Å². The lowest BCUT2D eigenvalue weighted by Gasteiger charge is -2.27. The second-order valence-electron chi connectivity index (χ2n) is 6.88. The predicted molar refractivity (Wildman–Crippen MR) is 83.9 cm³/mol. The number of hydrogen-bond acceptors (Lipinski definition) is 5. The summed E-state index contributed by atoms with van der Waals surface area (Å²) in [7, 11) is 0. The van der Waals surface area contributed by atoms with Crippen molar-refractivity contribution in [2.75, 3.05) is 6.61 Å². The van der Waals surface area contributed by atoms with E-state index in [9.17, 15) is 0 Å². The third kappa shape index (κ3) is 5.08. The highest BCUT2D eigenvalue weighted by Gasteiger charge is 2.34. The zero-order valence-corrected chi connectivity index (χ0v) is 14.4. The van der Waals surface area contributed by atoms with Gasteiger partial charge in [-0.2, -0.15) is 4.98 Å². The summed E-state index contributed by atoms with van der Waals surface area (Å²) < 4.78 is 11.3. The summed E-state index contributed by atoms with van der Waals surface area (Å²) in [6.07, 6.45) is 3.18. The first-order valence-electron chi connectivity index (χ1n) is 7.99. The smallest absolute Gasteiger partial charge is 0.228 e. The molecule has 0 amide bonds. The standard InChI is InChI=1S/C16H31N3O2/c1-7-16(8-2,20-9-3)14-18-13(21-19-14)10-12(17)11-15(4,5)6/h12H,7-11,17H2,1-6H3. The molecule has 5 nitrogen and oxygen atoms in total. The summed E-state index contributed by atoms with van der Waals surface area (Å²) in [6, 6.07) is 0.0306. The van der Waals surface area contributed by atoms with Gasteiger partial charge in [-0.25, -0.2) is 0 Å². The fraction of sp³-hybridized carbons (Fsp3) is 0.875. The summed E-state index contributed by atoms with van der Waals surface area (Å²) in [5.41, 5.74) is 5.93. The maximum absolute atomic E-state index is 6.17. The molecule has 1 aromatic heterocycles. The second-order valence-corrected chi connectivity index (χ2v) is 6.88. The van der Waals surface area contributed by atoms with Gasteiger partial charge in [-0.15, -0.1) is 0 Å². The molecule has 0 aliphatic heterocycles. The average Bonchev–Trinajstić information content (AvgIpc) is 2.82. The van der Waals surface area contributed by atoms with Crippen molar-refractivity contribution in [3.05, 3.63) is 11.7 Å². The number of rotatable bonds is 8. The fourth-order valence-electron chi connectivity index (χ4n) is 2.72. The Morgan fingerprint density at radius 2 is 1.81 bits per heavy atom. The average molecular weight is 297 g/mol. The molecule has 0 radical (unpaired) electrons. The molecular formula is C16H31N3O2. The van der Waals surface area contributed by atoms with Gasteiger partial charge in [-0.05, 0) is 31.6 Å². The summed E-state index contributed by atoms with van der Waals surface area (Å²) in [5, 5.41) is 4.13. The van der Waals surface area contributed by atoms with Gasteiger partial charge >= 0.3 is 0 Å². The Balaban J connectivity index is 2.80. The first kappa shape index (κ1) is 18.1. The van der Waals surface area contributed by atoms with Crippen LogP contribution < -0.4 is 5.73 Å². The van der Waals surface area contributed by atoms with Gasteiger partial charge in [-0.1, -0.05) is 39.8 Å². The van der Waals surface area contributed by atoms with Crippen molar-refractivity contribution < 1.29 is 9.26 Å². The zero-order valence-electron chi connectivity index (χ0n) is 14.4. The van der Waals surface area contributed by atoms with Crippen LogP contribution in [0.25, 0.3) is 0 Å². The first-order chi connectivity index (χ1) is 9.76. The molecule has 0 saturated carbocycles. The quantitative estimate of drug-likeness (QED) is 0.795. The van der Waals surface area contributed by atoms with E-state index in [4.69, 9.17) is 15.0 Å². The van der Waals surface area contributed by atoms with Crippen LogP contribution in [0.2, 0.25) is 0 Å². The largest absolute Gasteiger partial charge is 0.367 e. The molecule has 1 atom stereocenters. The molecule has 5 heteroatoms. The summed E-state index contributed by atoms with van der Waals surface area (Å²) in [6.45, 7) is 13.3. The van der Waals surface area contributed by atoms with Crippen molar-refractivity contribution in [3.63, 3.8) is 0 Å². The zero-order chi connectivity index (χ0) is 16.1. The van der Waals surface area contributed by atoms with Crippen LogP contribution in [0.3, 0.4) is 0 Å². The molecule has 0 aromatic carbocycles. The number of hydrogen-bond donors (Lipinski definition) is 1. The van der Waals surface area contributed by atoms with E-state index >= 15 is 0 Å². The van der Waals surface area contributed by atoms with E-state index in [0.29, 0.717) is 24.7 Å². The fourth-order valence-corrected chi connectivity index (χ4v) is 2.72. The third-order valence-corrected chi connectivity index (χ3v) is 3.75. The van der Waals surface area contributed by atoms with Gasteiger partial charge in [0.15, 0.2) is 0 Å². The van der Waals surface area contributed by atoms with E-state index in [1.54, 1.807) is 0 Å². The number of aromatic nitrogens is 2. The maximum atomic E-state index is 6.17. The molecule has 0 aliphatic carbocycles. The van der Waals surface area contributed by atoms with Crippen molar-refractivity contribution in [2.24, 2.45) is 11.1 Å². The number of ether oxygens (including phenoxy) is 1. The van der Waals surface area contributed by atoms with E-state index in [-0.39, 0.29) is 11.5 Å². The van der Waals surface area contributed by atoms with Crippen LogP contribution in [0, 0.1) is 5.41 Å². The second kappa shape index (κ2) is 7.36. The minimum absolute atomic E-state index is 0.0306. The van der Waals surface area contributed by atoms with E-state index in [1.807, 2.05) is 6.92 Å². The molecule has 2 N–H and O–H groups in total. The summed E-state index contributed by atoms with van der Waals surface area (Å²) >= 11 is 0. The van der Waals surface area contributed by atoms with Crippen LogP contribution >= 0.6 is 0 Å². The van der Waals surface area contributed by atoms with Crippen LogP contribution in [0.15, 0.2) is 4.52 Å². The minimum atomic E-state index is -0.440. The predicted octanol–water partition coefficient (Wildman–Crippen LogP) is 3.43. The van der Waals surface area contributed by atoms with Gasteiger partial charge in [0.2, 0.25) is 11.7 Å². The van der Waals surface area contributed by atoms with E-state index < -0.39 is 5.60 Å². The molecule has 0 bridgehead atoms. The topological polar surface area (TPSA) is 74.2 Å². The molecular weight excluding hydrogens is 266 g/mol. The molecule has 122 valence electrons.